The summed E-state index contributed by atoms with van der Waals surface area (Å²) >= 11 is 1.70. The summed E-state index contributed by atoms with van der Waals surface area (Å²) in [4.78, 5) is 17.0. The maximum absolute atomic E-state index is 12.2. The molecule has 1 amide bonds. The lowest BCUT2D eigenvalue weighted by atomic mass is 10.1. The molecule has 0 saturated carbocycles. The van der Waals surface area contributed by atoms with Crippen molar-refractivity contribution in [1.29, 1.82) is 0 Å². The van der Waals surface area contributed by atoms with Crippen molar-refractivity contribution in [3.8, 4) is 5.75 Å². The van der Waals surface area contributed by atoms with E-state index in [1.807, 2.05) is 31.2 Å². The number of amides is 1. The maximum atomic E-state index is 12.2. The van der Waals surface area contributed by atoms with Crippen molar-refractivity contribution in [2.24, 2.45) is 0 Å². The number of ether oxygens (including phenoxy) is 1. The van der Waals surface area contributed by atoms with E-state index in [0.29, 0.717) is 6.54 Å². The molecule has 1 aliphatic rings. The number of benzene rings is 1. The van der Waals surface area contributed by atoms with Crippen molar-refractivity contribution in [3.63, 3.8) is 0 Å². The van der Waals surface area contributed by atoms with Crippen LogP contribution < -0.4 is 10.1 Å². The topological polar surface area (TPSA) is 44.8 Å². The number of nitrogens with zero attached hydrogens (tertiary/aromatic N) is 2. The molecule has 0 bridgehead atoms. The van der Waals surface area contributed by atoms with Crippen LogP contribution in [0, 0.1) is 6.92 Å². The van der Waals surface area contributed by atoms with Gasteiger partial charge in [-0.15, -0.1) is 0 Å². The van der Waals surface area contributed by atoms with E-state index in [1.165, 1.54) is 11.1 Å². The number of nitrogens with one attached hydrogen (secondary N) is 1. The van der Waals surface area contributed by atoms with Crippen molar-refractivity contribution in [2.45, 2.75) is 13.0 Å². The first-order valence-corrected chi connectivity index (χ1v) is 9.97. The van der Waals surface area contributed by atoms with Gasteiger partial charge < -0.3 is 15.0 Å². The van der Waals surface area contributed by atoms with E-state index in [4.69, 9.17) is 4.74 Å². The molecule has 1 saturated heterocycles. The van der Waals surface area contributed by atoms with Crippen LogP contribution in [0.15, 0.2) is 41.1 Å². The summed E-state index contributed by atoms with van der Waals surface area (Å²) in [5.41, 5.74) is 2.45. The van der Waals surface area contributed by atoms with Crippen LogP contribution in [0.3, 0.4) is 0 Å². The minimum absolute atomic E-state index is 0.0438. The number of piperazine rings is 1. The molecule has 2 aromatic rings. The van der Waals surface area contributed by atoms with Crippen LogP contribution in [0.25, 0.3) is 0 Å². The van der Waals surface area contributed by atoms with Crippen LogP contribution in [0.1, 0.15) is 17.2 Å². The average molecular weight is 374 g/mol. The molecule has 0 aliphatic carbocycles. The summed E-state index contributed by atoms with van der Waals surface area (Å²) in [6.07, 6.45) is 0. The van der Waals surface area contributed by atoms with Gasteiger partial charge >= 0.3 is 0 Å². The van der Waals surface area contributed by atoms with Gasteiger partial charge in [0.1, 0.15) is 5.75 Å². The first-order valence-electron chi connectivity index (χ1n) is 9.02. The molecule has 1 unspecified atom stereocenters. The predicted octanol–water partition coefficient (Wildman–Crippen LogP) is 2.54. The lowest BCUT2D eigenvalue weighted by molar-refractivity contribution is -0.123. The van der Waals surface area contributed by atoms with Gasteiger partial charge in [0, 0.05) is 32.7 Å². The highest BCUT2D eigenvalue weighted by molar-refractivity contribution is 7.07. The number of likely N-dealkylation sites (N-methyl/N-ethyl adjacent to an activating group) is 1. The number of thiophene rings is 1. The monoisotopic (exact) mass is 373 g/mol. The van der Waals surface area contributed by atoms with Crippen molar-refractivity contribution < 1.29 is 9.53 Å². The molecular weight excluding hydrogens is 346 g/mol. The predicted molar refractivity (Wildman–Crippen MR) is 106 cm³/mol. The Morgan fingerprint density at radius 1 is 1.19 bits per heavy atom. The number of aryl methyl sites for hydroxylation is 1. The van der Waals surface area contributed by atoms with Gasteiger partial charge in [-0.2, -0.15) is 11.3 Å². The first-order chi connectivity index (χ1) is 12.6. The maximum Gasteiger partial charge on any atom is 0.258 e. The number of hydrogen-bond acceptors (Lipinski definition) is 5. The fourth-order valence-corrected chi connectivity index (χ4v) is 3.81. The van der Waals surface area contributed by atoms with E-state index < -0.39 is 0 Å². The lowest BCUT2D eigenvalue weighted by Gasteiger charge is -2.38. The van der Waals surface area contributed by atoms with Gasteiger partial charge in [-0.25, -0.2) is 0 Å². The first kappa shape index (κ1) is 18.9. The Labute approximate surface area is 159 Å². The minimum atomic E-state index is -0.0834. The molecule has 1 fully saturated rings. The van der Waals surface area contributed by atoms with E-state index in [9.17, 15) is 4.79 Å². The number of carbonyl (C=O) groups is 1. The quantitative estimate of drug-likeness (QED) is 0.810. The third kappa shape index (κ3) is 5.30. The second kappa shape index (κ2) is 9.16. The van der Waals surface area contributed by atoms with E-state index in [2.05, 4.69) is 39.0 Å². The molecule has 0 radical (unpaired) electrons. The summed E-state index contributed by atoms with van der Waals surface area (Å²) in [5.74, 6) is 0.638. The zero-order valence-electron chi connectivity index (χ0n) is 15.5. The SMILES string of the molecule is Cc1ccc(OCC(=O)NCC(c2ccsc2)N2CCN(C)CC2)cc1. The summed E-state index contributed by atoms with van der Waals surface area (Å²) in [5, 5.41) is 7.32. The van der Waals surface area contributed by atoms with Crippen LogP contribution in [0.4, 0.5) is 0 Å². The zero-order valence-corrected chi connectivity index (χ0v) is 16.3. The van der Waals surface area contributed by atoms with Gasteiger partial charge in [-0.3, -0.25) is 9.69 Å². The highest BCUT2D eigenvalue weighted by Gasteiger charge is 2.24. The molecule has 1 aromatic heterocycles. The van der Waals surface area contributed by atoms with E-state index in [1.54, 1.807) is 11.3 Å². The molecule has 1 atom stereocenters. The van der Waals surface area contributed by atoms with Gasteiger partial charge in [0.05, 0.1) is 6.04 Å². The Morgan fingerprint density at radius 3 is 2.58 bits per heavy atom. The van der Waals surface area contributed by atoms with Crippen LogP contribution in [0.2, 0.25) is 0 Å². The van der Waals surface area contributed by atoms with E-state index in [-0.39, 0.29) is 18.6 Å². The van der Waals surface area contributed by atoms with Gasteiger partial charge in [0.15, 0.2) is 6.61 Å². The van der Waals surface area contributed by atoms with Crippen LogP contribution in [0.5, 0.6) is 5.75 Å². The second-order valence-corrected chi connectivity index (χ2v) is 7.60. The number of hydrogen-bond donors (Lipinski definition) is 1. The molecule has 5 nitrogen and oxygen atoms in total. The van der Waals surface area contributed by atoms with Crippen molar-refractivity contribution >= 4 is 17.2 Å². The zero-order chi connectivity index (χ0) is 18.4. The normalized spacial score (nSPS) is 17.0. The third-order valence-corrected chi connectivity index (χ3v) is 5.49. The van der Waals surface area contributed by atoms with E-state index >= 15 is 0 Å². The molecule has 1 aliphatic heterocycles. The Bertz CT molecular complexity index is 680. The largest absolute Gasteiger partial charge is 0.484 e. The third-order valence-electron chi connectivity index (χ3n) is 4.79. The van der Waals surface area contributed by atoms with Crippen LogP contribution in [-0.2, 0) is 4.79 Å². The van der Waals surface area contributed by atoms with Gasteiger partial charge in [0.25, 0.3) is 5.91 Å². The average Bonchev–Trinajstić information content (AvgIpc) is 3.17. The molecule has 0 spiro atoms. The molecule has 1 aromatic carbocycles. The fraction of sp³-hybridized carbons (Fsp3) is 0.450. The fourth-order valence-electron chi connectivity index (χ4n) is 3.10. The highest BCUT2D eigenvalue weighted by Crippen LogP contribution is 2.23. The minimum Gasteiger partial charge on any atom is -0.484 e. The molecule has 1 N–H and O–H groups in total. The smallest absolute Gasteiger partial charge is 0.258 e. The molecular formula is C20H27N3O2S. The Hall–Kier alpha value is -1.89. The molecule has 2 heterocycles. The van der Waals surface area contributed by atoms with Crippen molar-refractivity contribution in [1.82, 2.24) is 15.1 Å². The standard InChI is InChI=1S/C20H27N3O2S/c1-16-3-5-18(6-4-16)25-14-20(24)21-13-19(17-7-12-26-15-17)23-10-8-22(2)9-11-23/h3-7,12,15,19H,8-11,13-14H2,1-2H3,(H,21,24). The van der Waals surface area contributed by atoms with Crippen molar-refractivity contribution in [3.05, 3.63) is 52.2 Å². The Kier molecular flexibility index (Phi) is 6.66. The Balaban J connectivity index is 1.52. The summed E-state index contributed by atoms with van der Waals surface area (Å²) in [6.45, 7) is 6.84. The molecule has 6 heteroatoms. The van der Waals surface area contributed by atoms with Gasteiger partial charge in [-0.05, 0) is 48.5 Å². The van der Waals surface area contributed by atoms with Crippen LogP contribution >= 0.6 is 11.3 Å². The van der Waals surface area contributed by atoms with Gasteiger partial charge in [0.2, 0.25) is 0 Å². The molecule has 26 heavy (non-hydrogen) atoms. The molecule has 140 valence electrons. The lowest BCUT2D eigenvalue weighted by Crippen LogP contribution is -2.48. The number of rotatable bonds is 7. The summed E-state index contributed by atoms with van der Waals surface area (Å²) in [6, 6.07) is 10.1. The van der Waals surface area contributed by atoms with Crippen LogP contribution in [-0.4, -0.2) is 62.1 Å². The second-order valence-electron chi connectivity index (χ2n) is 6.82. The van der Waals surface area contributed by atoms with E-state index in [0.717, 1.165) is 31.9 Å². The Morgan fingerprint density at radius 2 is 1.92 bits per heavy atom. The van der Waals surface area contributed by atoms with Crippen molar-refractivity contribution in [2.75, 3.05) is 46.4 Å². The summed E-state index contributed by atoms with van der Waals surface area (Å²) in [7, 11) is 2.15. The highest BCUT2D eigenvalue weighted by atomic mass is 32.1. The molecule has 3 rings (SSSR count). The summed E-state index contributed by atoms with van der Waals surface area (Å²) < 4.78 is 5.58. The van der Waals surface area contributed by atoms with Gasteiger partial charge in [-0.1, -0.05) is 17.7 Å². The number of carbonyl (C=O) groups excluding carboxylic acids is 1.